The molecular formula is C134H84N12O. The van der Waals surface area contributed by atoms with Crippen molar-refractivity contribution in [2.75, 3.05) is 0 Å². The number of para-hydroxylation sites is 3. The molecule has 8 heterocycles. The highest BCUT2D eigenvalue weighted by Gasteiger charge is 2.26. The first-order chi connectivity index (χ1) is 72.9. The number of furan rings is 1. The van der Waals surface area contributed by atoms with Crippen molar-refractivity contribution in [3.63, 3.8) is 0 Å². The first-order valence-corrected chi connectivity index (χ1v) is 49.3. The van der Waals surface area contributed by atoms with Crippen molar-refractivity contribution in [3.8, 4) is 164 Å². The van der Waals surface area contributed by atoms with Crippen LogP contribution >= 0.6 is 0 Å². The van der Waals surface area contributed by atoms with Crippen LogP contribution in [0.1, 0.15) is 0 Å². The summed E-state index contributed by atoms with van der Waals surface area (Å²) in [6.07, 6.45) is 3.83. The molecule has 0 aliphatic heterocycles. The predicted octanol–water partition coefficient (Wildman–Crippen LogP) is 34.0. The van der Waals surface area contributed by atoms with Crippen LogP contribution in [-0.4, -0.2) is 58.8 Å². The molecule has 13 nitrogen and oxygen atoms in total. The number of hydrogen-bond donors (Lipinski definition) is 0. The van der Waals surface area contributed by atoms with E-state index in [9.17, 15) is 0 Å². The van der Waals surface area contributed by atoms with Gasteiger partial charge < -0.3 is 13.4 Å². The summed E-state index contributed by atoms with van der Waals surface area (Å²) < 4.78 is 11.2. The van der Waals surface area contributed by atoms with Gasteiger partial charge in [0, 0.05) is 111 Å². The van der Waals surface area contributed by atoms with E-state index < -0.39 is 0 Å². The van der Waals surface area contributed by atoms with Gasteiger partial charge >= 0.3 is 0 Å². The Hall–Kier alpha value is -20.0. The number of aromatic nitrogens is 12. The van der Waals surface area contributed by atoms with Gasteiger partial charge in [0.25, 0.3) is 0 Å². The molecule has 0 N–H and O–H groups in total. The van der Waals surface area contributed by atoms with Gasteiger partial charge in [-0.05, 0) is 137 Å². The summed E-state index contributed by atoms with van der Waals surface area (Å²) in [6.45, 7) is 0. The minimum Gasteiger partial charge on any atom is -0.456 e. The van der Waals surface area contributed by atoms with Crippen LogP contribution < -0.4 is 0 Å². The van der Waals surface area contributed by atoms with Crippen molar-refractivity contribution < 1.29 is 4.42 Å². The average molecular weight is 1880 g/mol. The molecule has 0 aliphatic rings. The van der Waals surface area contributed by atoms with Crippen LogP contribution in [-0.2, 0) is 0 Å². The maximum absolute atomic E-state index is 6.34. The summed E-state index contributed by atoms with van der Waals surface area (Å²) in [4.78, 5) is 49.4. The molecule has 0 radical (unpaired) electrons. The normalized spacial score (nSPS) is 11.5. The van der Waals surface area contributed by atoms with E-state index in [0.29, 0.717) is 52.4 Å². The Kier molecular flexibility index (Phi) is 21.6. The zero-order valence-corrected chi connectivity index (χ0v) is 79.3. The molecule has 8 aromatic heterocycles. The smallest absolute Gasteiger partial charge is 0.164 e. The van der Waals surface area contributed by atoms with Crippen LogP contribution in [0, 0.1) is 0 Å². The molecule has 0 fully saturated rings. The number of rotatable bonds is 15. The molecule has 0 atom stereocenters. The largest absolute Gasteiger partial charge is 0.456 e. The van der Waals surface area contributed by atoms with Gasteiger partial charge in [0.15, 0.2) is 52.4 Å². The lowest BCUT2D eigenvalue weighted by Gasteiger charge is -2.17. The van der Waals surface area contributed by atoms with E-state index in [2.05, 4.69) is 323 Å². The van der Waals surface area contributed by atoms with Gasteiger partial charge in [0.2, 0.25) is 0 Å². The topological polar surface area (TPSA) is 151 Å². The fraction of sp³-hybridized carbons (Fsp3) is 0. The number of benzene rings is 21. The van der Waals surface area contributed by atoms with Gasteiger partial charge in [-0.2, -0.15) is 0 Å². The molecule has 0 aliphatic carbocycles. The Balaban J connectivity index is 0.000000109. The summed E-state index contributed by atoms with van der Waals surface area (Å²) in [6, 6.07) is 173. The van der Waals surface area contributed by atoms with Gasteiger partial charge in [-0.25, -0.2) is 44.9 Å². The molecule has 0 amide bonds. The predicted molar refractivity (Wildman–Crippen MR) is 602 cm³/mol. The Morgan fingerprint density at radius 1 is 0.163 bits per heavy atom. The van der Waals surface area contributed by atoms with Gasteiger partial charge in [-0.3, -0.25) is 4.98 Å². The van der Waals surface area contributed by atoms with E-state index in [1.54, 1.807) is 0 Å². The van der Waals surface area contributed by atoms with Crippen LogP contribution in [0.4, 0.5) is 0 Å². The Labute approximate surface area is 845 Å². The third-order valence-electron chi connectivity index (χ3n) is 28.1. The molecule has 29 aromatic rings. The van der Waals surface area contributed by atoms with E-state index >= 15 is 0 Å². The van der Waals surface area contributed by atoms with E-state index in [0.717, 1.165) is 149 Å². The summed E-state index contributed by atoms with van der Waals surface area (Å²) in [7, 11) is 0. The maximum Gasteiger partial charge on any atom is 0.164 e. The van der Waals surface area contributed by atoms with Crippen LogP contribution in [0.25, 0.3) is 278 Å². The highest BCUT2D eigenvalue weighted by atomic mass is 16.3. The number of nitrogens with zero attached hydrogens (tertiary/aromatic N) is 12. The fourth-order valence-corrected chi connectivity index (χ4v) is 21.2. The van der Waals surface area contributed by atoms with Gasteiger partial charge in [0.1, 0.15) is 11.2 Å². The molecule has 21 aromatic carbocycles. The van der Waals surface area contributed by atoms with E-state index in [-0.39, 0.29) is 0 Å². The second-order valence-electron chi connectivity index (χ2n) is 36.8. The summed E-state index contributed by atoms with van der Waals surface area (Å²) in [5.41, 5.74) is 28.7. The van der Waals surface area contributed by atoms with Crippen LogP contribution in [0.2, 0.25) is 0 Å². The Bertz CT molecular complexity index is 9900. The fourth-order valence-electron chi connectivity index (χ4n) is 21.2. The number of pyridine rings is 1. The summed E-state index contributed by atoms with van der Waals surface area (Å²) >= 11 is 0. The molecule has 29 rings (SSSR count). The van der Waals surface area contributed by atoms with Gasteiger partial charge in [-0.1, -0.05) is 443 Å². The third kappa shape index (κ3) is 15.7. The molecule has 0 saturated carbocycles. The van der Waals surface area contributed by atoms with Crippen molar-refractivity contribution >= 4 is 114 Å². The van der Waals surface area contributed by atoms with E-state index in [4.69, 9.17) is 49.3 Å². The molecule has 0 bridgehead atoms. The first kappa shape index (κ1) is 86.1. The molecule has 147 heavy (non-hydrogen) atoms. The minimum atomic E-state index is 0.636. The van der Waals surface area contributed by atoms with Crippen molar-refractivity contribution in [1.29, 1.82) is 0 Å². The van der Waals surface area contributed by atoms with E-state index in [1.165, 1.54) is 76.2 Å². The van der Waals surface area contributed by atoms with Crippen molar-refractivity contribution in [3.05, 3.63) is 510 Å². The average Bonchev–Trinajstić information content (AvgIpc) is 1.54. The van der Waals surface area contributed by atoms with E-state index in [1.807, 2.05) is 200 Å². The zero-order valence-electron chi connectivity index (χ0n) is 79.3. The van der Waals surface area contributed by atoms with Crippen LogP contribution in [0.5, 0.6) is 0 Å². The highest BCUT2D eigenvalue weighted by Crippen LogP contribution is 2.48. The number of fused-ring (bicyclic) bond motifs is 15. The SMILES string of the molecule is c1ccc(-c2nc(-c3ccccc3)nc(-c3ccccc3-c3ccc(-c4ccc5c(c4)oc4cc6ccccc6cc45)cc3)n2)cc1.c1ccc(-c2nc(-c3ccccc3)nc(-c3ccccc3-c3ccc(-c4ccc5c6cccc7c8ccccc8n(c5c4)c76)c4ccccc34)n2)cc1.c1ccc(-c2nc(-c3ccccc3)nc(-c3ccccc3-c3ccc(-n4c5ccccc5c5cnccc54)c4ccccc34)n2)cc1. The summed E-state index contributed by atoms with van der Waals surface area (Å²) in [5.74, 6) is 5.80. The van der Waals surface area contributed by atoms with Crippen molar-refractivity contribution in [2.24, 2.45) is 0 Å². The Morgan fingerprint density at radius 2 is 0.503 bits per heavy atom. The highest BCUT2D eigenvalue weighted by molar-refractivity contribution is 6.24. The lowest BCUT2D eigenvalue weighted by Crippen LogP contribution is -2.01. The molecule has 0 saturated heterocycles. The van der Waals surface area contributed by atoms with Gasteiger partial charge in [-0.15, -0.1) is 0 Å². The second-order valence-corrected chi connectivity index (χ2v) is 36.8. The minimum absolute atomic E-state index is 0.636. The second kappa shape index (κ2) is 36.9. The van der Waals surface area contributed by atoms with Crippen molar-refractivity contribution in [2.45, 2.75) is 0 Å². The van der Waals surface area contributed by atoms with Crippen LogP contribution in [0.15, 0.2) is 514 Å². The molecule has 13 heteroatoms. The molecular weight excluding hydrogens is 1790 g/mol. The Morgan fingerprint density at radius 3 is 1.01 bits per heavy atom. The van der Waals surface area contributed by atoms with Crippen LogP contribution in [0.3, 0.4) is 0 Å². The van der Waals surface area contributed by atoms with Crippen molar-refractivity contribution in [1.82, 2.24) is 58.8 Å². The standard InChI is InChI=1S/C49H30N4.C43H27N3O.C42H27N5/c1-3-14-31(15-4-1)47-50-48(32-16-5-2-6-17-32)52-49(51-47)43-22-10-9-20-37(43)38-29-28-34(35-18-7-8-19-36(35)38)33-26-27-40-42-24-13-23-41-39-21-11-12-25-44(39)53(46(41)42)45(40)30-33;1-3-11-30(12-4-1)41-44-42(31-13-5-2-6-14-31)46-43(45-41)37-18-10-9-17-35(37)29-21-19-28(20-22-29)34-23-24-36-38-25-32-15-7-8-16-33(32)26-40(38)47-39(36)27-34;1-3-13-28(14-4-1)40-44-41(29-15-5-2-6-16-29)46-42(45-40)35-21-10-8-18-31(35)32-23-24-38(33-19-9-7-17-30(32)33)47-37-22-12-11-20-34(37)36-27-43-26-25-39(36)47/h1-30H;2*1-27H. The van der Waals surface area contributed by atoms with Gasteiger partial charge in [0.05, 0.1) is 33.3 Å². The number of hydrogen-bond acceptors (Lipinski definition) is 11. The maximum atomic E-state index is 6.34. The third-order valence-corrected chi connectivity index (χ3v) is 28.1. The summed E-state index contributed by atoms with van der Waals surface area (Å²) in [5, 5.41) is 16.8. The molecule has 0 unspecified atom stereocenters. The zero-order chi connectivity index (χ0) is 97.2. The lowest BCUT2D eigenvalue weighted by molar-refractivity contribution is 0.669. The monoisotopic (exact) mass is 1880 g/mol. The quantitative estimate of drug-likeness (QED) is 0.0964. The molecule has 0 spiro atoms. The first-order valence-electron chi connectivity index (χ1n) is 49.3. The molecule has 686 valence electrons. The lowest BCUT2D eigenvalue weighted by atomic mass is 9.90.